The van der Waals surface area contributed by atoms with E-state index >= 15 is 0 Å². The minimum atomic E-state index is -0.496. The SMILES string of the molecule is CC(C)Oc1cc(NCC(O)CC(C)(C)C)c(N)cc1F. The van der Waals surface area contributed by atoms with Gasteiger partial charge in [-0.2, -0.15) is 0 Å². The molecule has 1 unspecified atom stereocenters. The van der Waals surface area contributed by atoms with Gasteiger partial charge in [0.15, 0.2) is 11.6 Å². The van der Waals surface area contributed by atoms with Crippen molar-refractivity contribution in [2.75, 3.05) is 17.6 Å². The van der Waals surface area contributed by atoms with Gasteiger partial charge in [-0.25, -0.2) is 4.39 Å². The van der Waals surface area contributed by atoms with E-state index in [-0.39, 0.29) is 17.3 Å². The molecule has 0 aliphatic carbocycles. The number of halogens is 1. The van der Waals surface area contributed by atoms with Gasteiger partial charge in [0.25, 0.3) is 0 Å². The van der Waals surface area contributed by atoms with Crippen molar-refractivity contribution < 1.29 is 14.2 Å². The molecule has 120 valence electrons. The average Bonchev–Trinajstić information content (AvgIpc) is 2.28. The Morgan fingerprint density at radius 3 is 2.48 bits per heavy atom. The Bertz CT molecular complexity index is 470. The van der Waals surface area contributed by atoms with E-state index in [2.05, 4.69) is 26.1 Å². The standard InChI is InChI=1S/C16H27FN2O2/c1-10(2)21-15-7-14(13(18)6-12(15)17)19-9-11(20)8-16(3,4)5/h6-7,10-11,19-20H,8-9,18H2,1-5H3. The number of nitrogen functional groups attached to an aromatic ring is 1. The van der Waals surface area contributed by atoms with Crippen molar-refractivity contribution in [1.29, 1.82) is 0 Å². The van der Waals surface area contributed by atoms with Crippen LogP contribution in [0.25, 0.3) is 0 Å². The molecule has 4 N–H and O–H groups in total. The molecule has 0 aliphatic heterocycles. The Kier molecular flexibility index (Phi) is 5.84. The van der Waals surface area contributed by atoms with Gasteiger partial charge in [-0.1, -0.05) is 20.8 Å². The molecular formula is C16H27FN2O2. The summed E-state index contributed by atoms with van der Waals surface area (Å²) in [7, 11) is 0. The van der Waals surface area contributed by atoms with Crippen molar-refractivity contribution in [2.24, 2.45) is 5.41 Å². The van der Waals surface area contributed by atoms with Gasteiger partial charge in [0.05, 0.1) is 23.6 Å². The number of hydrogen-bond donors (Lipinski definition) is 3. The molecule has 1 aromatic rings. The maximum atomic E-state index is 13.7. The topological polar surface area (TPSA) is 67.5 Å². The molecule has 0 aromatic heterocycles. The van der Waals surface area contributed by atoms with Crippen LogP contribution in [0, 0.1) is 11.2 Å². The van der Waals surface area contributed by atoms with Crippen LogP contribution >= 0.6 is 0 Å². The first-order valence-corrected chi connectivity index (χ1v) is 7.26. The van der Waals surface area contributed by atoms with Crippen molar-refractivity contribution >= 4 is 11.4 Å². The molecule has 1 rings (SSSR count). The van der Waals surface area contributed by atoms with Gasteiger partial charge < -0.3 is 20.9 Å². The van der Waals surface area contributed by atoms with Crippen LogP contribution in [0.1, 0.15) is 41.0 Å². The number of nitrogens with two attached hydrogens (primary N) is 1. The van der Waals surface area contributed by atoms with Crippen molar-refractivity contribution in [3.8, 4) is 5.75 Å². The number of rotatable bonds is 6. The summed E-state index contributed by atoms with van der Waals surface area (Å²) < 4.78 is 19.1. The number of anilines is 2. The van der Waals surface area contributed by atoms with Crippen molar-refractivity contribution in [3.05, 3.63) is 17.9 Å². The first-order valence-electron chi connectivity index (χ1n) is 7.26. The largest absolute Gasteiger partial charge is 0.488 e. The molecule has 0 saturated heterocycles. The first-order chi connectivity index (χ1) is 9.58. The van der Waals surface area contributed by atoms with E-state index in [1.54, 1.807) is 0 Å². The van der Waals surface area contributed by atoms with E-state index in [1.807, 2.05) is 13.8 Å². The lowest BCUT2D eigenvalue weighted by Gasteiger charge is -2.23. The monoisotopic (exact) mass is 298 g/mol. The highest BCUT2D eigenvalue weighted by Crippen LogP contribution is 2.29. The Labute approximate surface area is 126 Å². The summed E-state index contributed by atoms with van der Waals surface area (Å²) in [5.41, 5.74) is 6.71. The zero-order chi connectivity index (χ0) is 16.2. The predicted octanol–water partition coefficient (Wildman–Crippen LogP) is 3.40. The summed E-state index contributed by atoms with van der Waals surface area (Å²) in [4.78, 5) is 0. The zero-order valence-electron chi connectivity index (χ0n) is 13.5. The van der Waals surface area contributed by atoms with Crippen LogP contribution in [-0.2, 0) is 0 Å². The lowest BCUT2D eigenvalue weighted by atomic mass is 9.89. The number of ether oxygens (including phenoxy) is 1. The van der Waals surface area contributed by atoms with Crippen LogP contribution in [0.15, 0.2) is 12.1 Å². The third-order valence-electron chi connectivity index (χ3n) is 2.84. The second kappa shape index (κ2) is 6.98. The molecular weight excluding hydrogens is 271 g/mol. The van der Waals surface area contributed by atoms with Gasteiger partial charge in [-0.15, -0.1) is 0 Å². The lowest BCUT2D eigenvalue weighted by Crippen LogP contribution is -2.25. The quantitative estimate of drug-likeness (QED) is 0.704. The van der Waals surface area contributed by atoms with Crippen LogP contribution in [-0.4, -0.2) is 23.9 Å². The van der Waals surface area contributed by atoms with E-state index in [4.69, 9.17) is 10.5 Å². The third kappa shape index (κ3) is 6.21. The van der Waals surface area contributed by atoms with Gasteiger partial charge in [0, 0.05) is 18.7 Å². The molecule has 0 bridgehead atoms. The fraction of sp³-hybridized carbons (Fsp3) is 0.625. The highest BCUT2D eigenvalue weighted by molar-refractivity contribution is 5.68. The zero-order valence-corrected chi connectivity index (χ0v) is 13.5. The first kappa shape index (κ1) is 17.6. The third-order valence-corrected chi connectivity index (χ3v) is 2.84. The molecule has 0 spiro atoms. The lowest BCUT2D eigenvalue weighted by molar-refractivity contribution is 0.132. The molecule has 1 aromatic carbocycles. The Balaban J connectivity index is 2.74. The fourth-order valence-corrected chi connectivity index (χ4v) is 2.07. The maximum absolute atomic E-state index is 13.7. The van der Waals surface area contributed by atoms with E-state index < -0.39 is 11.9 Å². The van der Waals surface area contributed by atoms with Crippen LogP contribution in [0.3, 0.4) is 0 Å². The highest BCUT2D eigenvalue weighted by atomic mass is 19.1. The van der Waals surface area contributed by atoms with Crippen molar-refractivity contribution in [2.45, 2.75) is 53.2 Å². The number of aliphatic hydroxyl groups excluding tert-OH is 1. The molecule has 0 fully saturated rings. The molecule has 0 radical (unpaired) electrons. The number of aliphatic hydroxyl groups is 1. The molecule has 5 heteroatoms. The van der Waals surface area contributed by atoms with Crippen molar-refractivity contribution in [1.82, 2.24) is 0 Å². The van der Waals surface area contributed by atoms with Crippen molar-refractivity contribution in [3.63, 3.8) is 0 Å². The van der Waals surface area contributed by atoms with E-state index in [9.17, 15) is 9.50 Å². The Morgan fingerprint density at radius 2 is 1.95 bits per heavy atom. The number of benzene rings is 1. The molecule has 21 heavy (non-hydrogen) atoms. The van der Waals surface area contributed by atoms with Gasteiger partial charge in [-0.05, 0) is 25.7 Å². The van der Waals surface area contributed by atoms with E-state index in [0.29, 0.717) is 24.3 Å². The summed E-state index contributed by atoms with van der Waals surface area (Å²) in [5, 5.41) is 13.1. The second-order valence-electron chi connectivity index (χ2n) is 6.84. The van der Waals surface area contributed by atoms with E-state index in [1.165, 1.54) is 12.1 Å². The Morgan fingerprint density at radius 1 is 1.33 bits per heavy atom. The van der Waals surface area contributed by atoms with Gasteiger partial charge >= 0.3 is 0 Å². The van der Waals surface area contributed by atoms with Crippen LogP contribution < -0.4 is 15.8 Å². The molecule has 1 atom stereocenters. The average molecular weight is 298 g/mol. The molecule has 0 aliphatic rings. The van der Waals surface area contributed by atoms with Gasteiger partial charge in [0.2, 0.25) is 0 Å². The minimum Gasteiger partial charge on any atom is -0.488 e. The van der Waals surface area contributed by atoms with Crippen LogP contribution in [0.5, 0.6) is 5.75 Å². The van der Waals surface area contributed by atoms with Gasteiger partial charge in [-0.3, -0.25) is 0 Å². The maximum Gasteiger partial charge on any atom is 0.167 e. The van der Waals surface area contributed by atoms with Gasteiger partial charge in [0.1, 0.15) is 0 Å². The van der Waals surface area contributed by atoms with Crippen LogP contribution in [0.2, 0.25) is 0 Å². The second-order valence-corrected chi connectivity index (χ2v) is 6.84. The smallest absolute Gasteiger partial charge is 0.167 e. The van der Waals surface area contributed by atoms with Crippen LogP contribution in [0.4, 0.5) is 15.8 Å². The summed E-state index contributed by atoms with van der Waals surface area (Å²) >= 11 is 0. The normalized spacial score (nSPS) is 13.3. The summed E-state index contributed by atoms with van der Waals surface area (Å²) in [6.07, 6.45) is 0.0440. The summed E-state index contributed by atoms with van der Waals surface area (Å²) in [6.45, 7) is 10.2. The Hall–Kier alpha value is -1.49. The molecule has 4 nitrogen and oxygen atoms in total. The molecule has 0 amide bonds. The minimum absolute atomic E-state index is 0.0430. The summed E-state index contributed by atoms with van der Waals surface area (Å²) in [6, 6.07) is 2.77. The number of hydrogen-bond acceptors (Lipinski definition) is 4. The van der Waals surface area contributed by atoms with E-state index in [0.717, 1.165) is 0 Å². The summed E-state index contributed by atoms with van der Waals surface area (Å²) in [5.74, 6) is -0.325. The molecule has 0 heterocycles. The predicted molar refractivity (Wildman–Crippen MR) is 85.1 cm³/mol. The molecule has 0 saturated carbocycles. The highest BCUT2D eigenvalue weighted by Gasteiger charge is 2.17. The number of nitrogens with one attached hydrogen (secondary N) is 1. The fourth-order valence-electron chi connectivity index (χ4n) is 2.07.